The van der Waals surface area contributed by atoms with Gasteiger partial charge in [0.1, 0.15) is 6.54 Å². The third-order valence-corrected chi connectivity index (χ3v) is 3.05. The van der Waals surface area contributed by atoms with Crippen LogP contribution in [0.15, 0.2) is 30.5 Å². The molecular weight excluding hydrogens is 306 g/mol. The molecule has 116 valence electrons. The molecule has 2 rings (SSSR count). The minimum Gasteiger partial charge on any atom is -0.354 e. The lowest BCUT2D eigenvalue weighted by Crippen LogP contribution is -2.29. The van der Waals surface area contributed by atoms with E-state index in [-0.39, 0.29) is 18.4 Å². The summed E-state index contributed by atoms with van der Waals surface area (Å²) in [6, 6.07) is 7.48. The summed E-state index contributed by atoms with van der Waals surface area (Å²) in [5, 5.41) is 13.5. The molecule has 0 aliphatic carbocycles. The van der Waals surface area contributed by atoms with Crippen LogP contribution < -0.4 is 10.6 Å². The fourth-order valence-corrected chi connectivity index (χ4v) is 1.94. The highest BCUT2D eigenvalue weighted by atomic mass is 35.5. The minimum absolute atomic E-state index is 0.0488. The molecule has 0 atom stereocenters. The van der Waals surface area contributed by atoms with E-state index < -0.39 is 0 Å². The molecule has 0 spiro atoms. The van der Waals surface area contributed by atoms with Crippen molar-refractivity contribution in [2.75, 3.05) is 11.9 Å². The van der Waals surface area contributed by atoms with Crippen LogP contribution in [0.5, 0.6) is 0 Å². The smallest absolute Gasteiger partial charge is 0.241 e. The number of benzene rings is 1. The number of carbonyl (C=O) groups is 2. The quantitative estimate of drug-likeness (QED) is 0.838. The Balaban J connectivity index is 1.74. The average Bonchev–Trinajstić information content (AvgIpc) is 2.87. The fraction of sp³-hybridized carbons (Fsp3) is 0.286. The van der Waals surface area contributed by atoms with Gasteiger partial charge < -0.3 is 10.6 Å². The van der Waals surface area contributed by atoms with Crippen molar-refractivity contribution in [1.82, 2.24) is 20.3 Å². The second-order valence-corrected chi connectivity index (χ2v) is 5.15. The van der Waals surface area contributed by atoms with Gasteiger partial charge in [-0.15, -0.1) is 5.10 Å². The summed E-state index contributed by atoms with van der Waals surface area (Å²) in [5.41, 5.74) is 1.10. The van der Waals surface area contributed by atoms with E-state index in [4.69, 9.17) is 11.6 Å². The molecule has 2 aromatic rings. The van der Waals surface area contributed by atoms with E-state index in [1.54, 1.807) is 0 Å². The molecule has 1 heterocycles. The summed E-state index contributed by atoms with van der Waals surface area (Å²) >= 11 is 5.81. The van der Waals surface area contributed by atoms with Crippen molar-refractivity contribution < 1.29 is 9.59 Å². The molecular formula is C14H16ClN5O2. The van der Waals surface area contributed by atoms with Gasteiger partial charge in [-0.2, -0.15) is 0 Å². The highest BCUT2D eigenvalue weighted by Crippen LogP contribution is 2.09. The van der Waals surface area contributed by atoms with Crippen LogP contribution in [0.3, 0.4) is 0 Å². The van der Waals surface area contributed by atoms with Crippen LogP contribution in [-0.4, -0.2) is 33.4 Å². The van der Waals surface area contributed by atoms with Gasteiger partial charge in [-0.25, -0.2) is 4.68 Å². The highest BCUT2D eigenvalue weighted by molar-refractivity contribution is 6.30. The molecule has 7 nitrogen and oxygen atoms in total. The normalized spacial score (nSPS) is 10.3. The zero-order valence-corrected chi connectivity index (χ0v) is 12.8. The average molecular weight is 322 g/mol. The van der Waals surface area contributed by atoms with Gasteiger partial charge in [0.15, 0.2) is 5.82 Å². The molecule has 0 fully saturated rings. The Labute approximate surface area is 132 Å². The van der Waals surface area contributed by atoms with Crippen LogP contribution in [0.25, 0.3) is 0 Å². The topological polar surface area (TPSA) is 88.9 Å². The van der Waals surface area contributed by atoms with Crippen LogP contribution >= 0.6 is 11.6 Å². The predicted octanol–water partition coefficient (Wildman–Crippen LogP) is 1.25. The Bertz CT molecular complexity index is 654. The molecule has 1 aromatic heterocycles. The Morgan fingerprint density at radius 2 is 2.00 bits per heavy atom. The van der Waals surface area contributed by atoms with Crippen LogP contribution in [0.1, 0.15) is 12.5 Å². The summed E-state index contributed by atoms with van der Waals surface area (Å²) in [4.78, 5) is 22.6. The Morgan fingerprint density at radius 3 is 2.68 bits per heavy atom. The van der Waals surface area contributed by atoms with E-state index >= 15 is 0 Å². The van der Waals surface area contributed by atoms with Gasteiger partial charge in [0.05, 0.1) is 6.20 Å². The number of nitrogens with zero attached hydrogens (tertiary/aromatic N) is 3. The molecule has 0 saturated heterocycles. The third-order valence-electron chi connectivity index (χ3n) is 2.80. The lowest BCUT2D eigenvalue weighted by atomic mass is 10.1. The SMILES string of the molecule is CC(=O)Nc1cn(CC(=O)NCCc2ccc(Cl)cc2)nn1. The first-order valence-corrected chi connectivity index (χ1v) is 7.09. The second kappa shape index (κ2) is 7.56. The van der Waals surface area contributed by atoms with Gasteiger partial charge >= 0.3 is 0 Å². The van der Waals surface area contributed by atoms with E-state index in [0.717, 1.165) is 12.0 Å². The number of nitrogens with one attached hydrogen (secondary N) is 2. The highest BCUT2D eigenvalue weighted by Gasteiger charge is 2.06. The minimum atomic E-state index is -0.237. The zero-order chi connectivity index (χ0) is 15.9. The maximum atomic E-state index is 11.8. The number of halogens is 1. The predicted molar refractivity (Wildman–Crippen MR) is 82.5 cm³/mol. The van der Waals surface area contributed by atoms with Crippen molar-refractivity contribution in [3.8, 4) is 0 Å². The number of anilines is 1. The monoisotopic (exact) mass is 321 g/mol. The van der Waals surface area contributed by atoms with Crippen molar-refractivity contribution in [3.63, 3.8) is 0 Å². The summed E-state index contributed by atoms with van der Waals surface area (Å²) in [6.45, 7) is 1.95. The van der Waals surface area contributed by atoms with E-state index in [2.05, 4.69) is 20.9 Å². The number of carbonyl (C=O) groups excluding carboxylic acids is 2. The molecule has 0 unspecified atom stereocenters. The van der Waals surface area contributed by atoms with E-state index in [9.17, 15) is 9.59 Å². The van der Waals surface area contributed by atoms with Crippen molar-refractivity contribution in [3.05, 3.63) is 41.0 Å². The molecule has 8 heteroatoms. The van der Waals surface area contributed by atoms with Crippen LogP contribution in [-0.2, 0) is 22.6 Å². The van der Waals surface area contributed by atoms with Crippen molar-refractivity contribution in [2.24, 2.45) is 0 Å². The molecule has 2 amide bonds. The zero-order valence-electron chi connectivity index (χ0n) is 12.0. The molecule has 1 aromatic carbocycles. The number of aromatic nitrogens is 3. The van der Waals surface area contributed by atoms with E-state index in [1.807, 2.05) is 24.3 Å². The summed E-state index contributed by atoms with van der Waals surface area (Å²) < 4.78 is 1.36. The lowest BCUT2D eigenvalue weighted by molar-refractivity contribution is -0.121. The van der Waals surface area contributed by atoms with Crippen LogP contribution in [0, 0.1) is 0 Å². The molecule has 2 N–H and O–H groups in total. The van der Waals surface area contributed by atoms with Crippen LogP contribution in [0.4, 0.5) is 5.82 Å². The molecule has 0 bridgehead atoms. The van der Waals surface area contributed by atoms with Gasteiger partial charge in [-0.05, 0) is 24.1 Å². The van der Waals surface area contributed by atoms with Gasteiger partial charge in [-0.3, -0.25) is 9.59 Å². The summed E-state index contributed by atoms with van der Waals surface area (Å²) in [7, 11) is 0. The van der Waals surface area contributed by atoms with Gasteiger partial charge in [0, 0.05) is 18.5 Å². The molecule has 22 heavy (non-hydrogen) atoms. The maximum absolute atomic E-state index is 11.8. The molecule has 0 aliphatic rings. The summed E-state index contributed by atoms with van der Waals surface area (Å²) in [5.74, 6) is -0.0887. The van der Waals surface area contributed by atoms with Crippen molar-refractivity contribution >= 4 is 29.2 Å². The lowest BCUT2D eigenvalue weighted by Gasteiger charge is -2.05. The number of amides is 2. The maximum Gasteiger partial charge on any atom is 0.241 e. The van der Waals surface area contributed by atoms with E-state index in [1.165, 1.54) is 17.8 Å². The van der Waals surface area contributed by atoms with Gasteiger partial charge in [-0.1, -0.05) is 28.9 Å². The number of hydrogen-bond donors (Lipinski definition) is 2. The largest absolute Gasteiger partial charge is 0.354 e. The van der Waals surface area contributed by atoms with Gasteiger partial charge in [0.2, 0.25) is 11.8 Å². The first-order chi connectivity index (χ1) is 10.5. The molecule has 0 saturated carbocycles. The standard InChI is InChI=1S/C14H16ClN5O2/c1-10(21)17-13-8-20(19-18-13)9-14(22)16-7-6-11-2-4-12(15)5-3-11/h2-5,8H,6-7,9H2,1H3,(H,16,22)(H,17,21). The Hall–Kier alpha value is -2.41. The molecule has 0 radical (unpaired) electrons. The number of rotatable bonds is 6. The third kappa shape index (κ3) is 5.17. The molecule has 0 aliphatic heterocycles. The Kier molecular flexibility index (Phi) is 5.48. The van der Waals surface area contributed by atoms with Crippen molar-refractivity contribution in [1.29, 1.82) is 0 Å². The van der Waals surface area contributed by atoms with Crippen LogP contribution in [0.2, 0.25) is 5.02 Å². The Morgan fingerprint density at radius 1 is 1.27 bits per heavy atom. The fourth-order valence-electron chi connectivity index (χ4n) is 1.81. The van der Waals surface area contributed by atoms with Gasteiger partial charge in [0.25, 0.3) is 0 Å². The first-order valence-electron chi connectivity index (χ1n) is 6.72. The second-order valence-electron chi connectivity index (χ2n) is 4.71. The number of hydrogen-bond acceptors (Lipinski definition) is 4. The summed E-state index contributed by atoms with van der Waals surface area (Å²) in [6.07, 6.45) is 2.22. The van der Waals surface area contributed by atoms with Crippen molar-refractivity contribution in [2.45, 2.75) is 19.9 Å². The van der Waals surface area contributed by atoms with E-state index in [0.29, 0.717) is 17.4 Å². The first kappa shape index (κ1) is 16.0.